The van der Waals surface area contributed by atoms with Gasteiger partial charge in [0.1, 0.15) is 11.9 Å². The largest absolute Gasteiger partial charge is 0.384 e. The van der Waals surface area contributed by atoms with Gasteiger partial charge in [0.05, 0.1) is 11.0 Å². The minimum absolute atomic E-state index is 0.615. The van der Waals surface area contributed by atoms with Crippen molar-refractivity contribution in [1.29, 1.82) is 0 Å². The fraction of sp³-hybridized carbons (Fsp3) is 0.0952. The number of nitrogens with zero attached hydrogens (tertiary/aromatic N) is 1. The highest BCUT2D eigenvalue weighted by Gasteiger charge is 2.13. The number of hydrogen-bond acceptors (Lipinski definition) is 2. The molecule has 3 heteroatoms. The van der Waals surface area contributed by atoms with Gasteiger partial charge in [-0.25, -0.2) is 4.98 Å². The SMILES string of the molecule is Cc1ccccc1C(O)c1ccc(-c2nc3ccccc3[nH]2)cc1. The molecule has 0 aliphatic rings. The van der Waals surface area contributed by atoms with Gasteiger partial charge in [0.15, 0.2) is 0 Å². The maximum absolute atomic E-state index is 10.6. The van der Waals surface area contributed by atoms with E-state index in [2.05, 4.69) is 9.97 Å². The van der Waals surface area contributed by atoms with Gasteiger partial charge in [-0.3, -0.25) is 0 Å². The van der Waals surface area contributed by atoms with Gasteiger partial charge in [-0.05, 0) is 35.7 Å². The number of aliphatic hydroxyl groups is 1. The fourth-order valence-electron chi connectivity index (χ4n) is 2.99. The second-order valence-electron chi connectivity index (χ2n) is 5.98. The summed E-state index contributed by atoms with van der Waals surface area (Å²) in [5.74, 6) is 0.841. The zero-order valence-electron chi connectivity index (χ0n) is 13.4. The number of hydrogen-bond donors (Lipinski definition) is 2. The molecule has 24 heavy (non-hydrogen) atoms. The lowest BCUT2D eigenvalue weighted by atomic mass is 9.97. The summed E-state index contributed by atoms with van der Waals surface area (Å²) < 4.78 is 0. The normalized spacial score (nSPS) is 12.4. The Bertz CT molecular complexity index is 953. The second-order valence-corrected chi connectivity index (χ2v) is 5.98. The number of aryl methyl sites for hydroxylation is 1. The minimum Gasteiger partial charge on any atom is -0.384 e. The smallest absolute Gasteiger partial charge is 0.138 e. The molecule has 1 atom stereocenters. The molecule has 0 spiro atoms. The molecule has 4 rings (SSSR count). The van der Waals surface area contributed by atoms with Gasteiger partial charge in [0.2, 0.25) is 0 Å². The number of benzene rings is 3. The Kier molecular flexibility index (Phi) is 3.63. The number of fused-ring (bicyclic) bond motifs is 1. The first kappa shape index (κ1) is 14.7. The lowest BCUT2D eigenvalue weighted by molar-refractivity contribution is 0.219. The predicted octanol–water partition coefficient (Wildman–Crippen LogP) is 4.62. The van der Waals surface area contributed by atoms with Crippen molar-refractivity contribution in [3.05, 3.63) is 89.5 Å². The number of H-pyrrole nitrogens is 1. The molecule has 4 aromatic rings. The Morgan fingerprint density at radius 3 is 2.33 bits per heavy atom. The van der Waals surface area contributed by atoms with Crippen LogP contribution in [0.25, 0.3) is 22.4 Å². The van der Waals surface area contributed by atoms with Gasteiger partial charge in [-0.1, -0.05) is 60.7 Å². The number of imidazole rings is 1. The van der Waals surface area contributed by atoms with E-state index in [4.69, 9.17) is 0 Å². The summed E-state index contributed by atoms with van der Waals surface area (Å²) in [6.45, 7) is 2.02. The third-order valence-corrected chi connectivity index (χ3v) is 4.37. The predicted molar refractivity (Wildman–Crippen MR) is 96.8 cm³/mol. The number of aromatic nitrogens is 2. The minimum atomic E-state index is -0.615. The van der Waals surface area contributed by atoms with Crippen LogP contribution in [0.5, 0.6) is 0 Å². The number of nitrogens with one attached hydrogen (secondary N) is 1. The Hall–Kier alpha value is -2.91. The van der Waals surface area contributed by atoms with Crippen molar-refractivity contribution in [2.75, 3.05) is 0 Å². The number of rotatable bonds is 3. The van der Waals surface area contributed by atoms with Crippen molar-refractivity contribution in [1.82, 2.24) is 9.97 Å². The average Bonchev–Trinajstić information content (AvgIpc) is 3.06. The van der Waals surface area contributed by atoms with E-state index >= 15 is 0 Å². The maximum Gasteiger partial charge on any atom is 0.138 e. The lowest BCUT2D eigenvalue weighted by Crippen LogP contribution is -2.01. The van der Waals surface area contributed by atoms with E-state index in [-0.39, 0.29) is 0 Å². The van der Waals surface area contributed by atoms with Crippen molar-refractivity contribution in [2.24, 2.45) is 0 Å². The summed E-state index contributed by atoms with van der Waals surface area (Å²) in [6, 6.07) is 23.8. The molecule has 0 radical (unpaired) electrons. The van der Waals surface area contributed by atoms with Crippen LogP contribution >= 0.6 is 0 Å². The van der Waals surface area contributed by atoms with Crippen LogP contribution in [-0.2, 0) is 0 Å². The van der Waals surface area contributed by atoms with Crippen LogP contribution in [0.1, 0.15) is 22.8 Å². The Labute approximate surface area is 140 Å². The van der Waals surface area contributed by atoms with Crippen LogP contribution in [0, 0.1) is 6.92 Å². The van der Waals surface area contributed by atoms with Crippen LogP contribution in [-0.4, -0.2) is 15.1 Å². The van der Waals surface area contributed by atoms with Crippen molar-refractivity contribution < 1.29 is 5.11 Å². The lowest BCUT2D eigenvalue weighted by Gasteiger charge is -2.14. The van der Waals surface area contributed by atoms with E-state index in [0.717, 1.165) is 39.1 Å². The van der Waals surface area contributed by atoms with E-state index in [9.17, 15) is 5.11 Å². The molecule has 0 amide bonds. The van der Waals surface area contributed by atoms with Crippen molar-refractivity contribution in [3.63, 3.8) is 0 Å². The molecule has 3 aromatic carbocycles. The number of aliphatic hydroxyl groups excluding tert-OH is 1. The van der Waals surface area contributed by atoms with Gasteiger partial charge in [0, 0.05) is 5.56 Å². The second kappa shape index (κ2) is 5.95. The summed E-state index contributed by atoms with van der Waals surface area (Å²) in [5, 5.41) is 10.6. The fourth-order valence-corrected chi connectivity index (χ4v) is 2.99. The number of para-hydroxylation sites is 2. The van der Waals surface area contributed by atoms with E-state index in [1.54, 1.807) is 0 Å². The Morgan fingerprint density at radius 2 is 1.58 bits per heavy atom. The van der Waals surface area contributed by atoms with Gasteiger partial charge < -0.3 is 10.1 Å². The van der Waals surface area contributed by atoms with Crippen LogP contribution < -0.4 is 0 Å². The summed E-state index contributed by atoms with van der Waals surface area (Å²) in [6.07, 6.45) is -0.615. The maximum atomic E-state index is 10.6. The van der Waals surface area contributed by atoms with Gasteiger partial charge in [-0.15, -0.1) is 0 Å². The summed E-state index contributed by atoms with van der Waals surface area (Å²) in [5.41, 5.74) is 5.89. The molecule has 0 saturated heterocycles. The van der Waals surface area contributed by atoms with Crippen LogP contribution in [0.3, 0.4) is 0 Å². The van der Waals surface area contributed by atoms with Crippen LogP contribution in [0.4, 0.5) is 0 Å². The van der Waals surface area contributed by atoms with E-state index in [1.165, 1.54) is 0 Å². The first-order valence-corrected chi connectivity index (χ1v) is 8.01. The molecule has 1 heterocycles. The molecule has 3 nitrogen and oxygen atoms in total. The van der Waals surface area contributed by atoms with E-state index in [1.807, 2.05) is 79.7 Å². The highest BCUT2D eigenvalue weighted by Crippen LogP contribution is 2.27. The highest BCUT2D eigenvalue weighted by atomic mass is 16.3. The van der Waals surface area contributed by atoms with Crippen molar-refractivity contribution in [2.45, 2.75) is 13.0 Å². The molecule has 0 bridgehead atoms. The van der Waals surface area contributed by atoms with Crippen LogP contribution in [0.15, 0.2) is 72.8 Å². The third-order valence-electron chi connectivity index (χ3n) is 4.37. The first-order valence-electron chi connectivity index (χ1n) is 8.01. The van der Waals surface area contributed by atoms with E-state index < -0.39 is 6.10 Å². The van der Waals surface area contributed by atoms with Crippen LogP contribution in [0.2, 0.25) is 0 Å². The standard InChI is InChI=1S/C21H18N2O/c1-14-6-2-3-7-17(14)20(24)15-10-12-16(13-11-15)21-22-18-8-4-5-9-19(18)23-21/h2-13,20,24H,1H3,(H,22,23). The van der Waals surface area contributed by atoms with Crippen molar-refractivity contribution >= 4 is 11.0 Å². The van der Waals surface area contributed by atoms with E-state index in [0.29, 0.717) is 0 Å². The number of aromatic amines is 1. The molecule has 1 unspecified atom stereocenters. The highest BCUT2D eigenvalue weighted by molar-refractivity contribution is 5.79. The zero-order chi connectivity index (χ0) is 16.5. The third kappa shape index (κ3) is 2.59. The Morgan fingerprint density at radius 1 is 0.875 bits per heavy atom. The van der Waals surface area contributed by atoms with Gasteiger partial charge in [0.25, 0.3) is 0 Å². The summed E-state index contributed by atoms with van der Waals surface area (Å²) >= 11 is 0. The summed E-state index contributed by atoms with van der Waals surface area (Å²) in [4.78, 5) is 7.94. The monoisotopic (exact) mass is 314 g/mol. The average molecular weight is 314 g/mol. The molecular formula is C21H18N2O. The molecule has 0 aliphatic carbocycles. The molecule has 0 saturated carbocycles. The quantitative estimate of drug-likeness (QED) is 0.579. The molecule has 118 valence electrons. The summed E-state index contributed by atoms with van der Waals surface area (Å²) in [7, 11) is 0. The molecule has 0 aliphatic heterocycles. The zero-order valence-corrected chi connectivity index (χ0v) is 13.4. The van der Waals surface area contributed by atoms with Gasteiger partial charge >= 0.3 is 0 Å². The van der Waals surface area contributed by atoms with Gasteiger partial charge in [-0.2, -0.15) is 0 Å². The topological polar surface area (TPSA) is 48.9 Å². The van der Waals surface area contributed by atoms with Crippen molar-refractivity contribution in [3.8, 4) is 11.4 Å². The molecular weight excluding hydrogens is 296 g/mol. The Balaban J connectivity index is 1.66. The first-order chi connectivity index (χ1) is 11.7. The molecule has 2 N–H and O–H groups in total. The molecule has 0 fully saturated rings. The molecule has 1 aromatic heterocycles.